The molecule has 1 fully saturated rings. The molecule has 0 amide bonds. The van der Waals surface area contributed by atoms with Gasteiger partial charge in [0.15, 0.2) is 0 Å². The summed E-state index contributed by atoms with van der Waals surface area (Å²) in [4.78, 5) is 0. The Morgan fingerprint density at radius 3 is 2.67 bits per heavy atom. The average Bonchev–Trinajstić information content (AvgIpc) is 1.88. The molecular formula is C7H13FO. The van der Waals surface area contributed by atoms with Crippen LogP contribution in [0, 0.1) is 0 Å². The molecule has 0 aromatic rings. The lowest BCUT2D eigenvalue weighted by Crippen LogP contribution is -2.22. The van der Waals surface area contributed by atoms with Gasteiger partial charge < -0.3 is 4.74 Å². The maximum atomic E-state index is 12.5. The lowest BCUT2D eigenvalue weighted by atomic mass is 9.96. The summed E-state index contributed by atoms with van der Waals surface area (Å²) in [7, 11) is 1.66. The average molecular weight is 132 g/mol. The standard InChI is InChI=1S/C7H13FO/c1-9-7-4-2-3-6(8)5-7/h6-7H,2-5H2,1H3. The molecule has 0 saturated heterocycles. The predicted molar refractivity (Wildman–Crippen MR) is 34.2 cm³/mol. The summed E-state index contributed by atoms with van der Waals surface area (Å²) in [6.07, 6.45) is 2.95. The number of ether oxygens (including phenoxy) is 1. The van der Waals surface area contributed by atoms with Gasteiger partial charge in [-0.3, -0.25) is 0 Å². The van der Waals surface area contributed by atoms with Crippen LogP contribution in [0.5, 0.6) is 0 Å². The van der Waals surface area contributed by atoms with Crippen LogP contribution in [0.15, 0.2) is 0 Å². The second kappa shape index (κ2) is 3.16. The number of rotatable bonds is 1. The van der Waals surface area contributed by atoms with E-state index in [0.29, 0.717) is 6.42 Å². The quantitative estimate of drug-likeness (QED) is 0.529. The zero-order valence-corrected chi connectivity index (χ0v) is 5.77. The summed E-state index contributed by atoms with van der Waals surface area (Å²) in [5, 5.41) is 0. The molecule has 1 saturated carbocycles. The van der Waals surface area contributed by atoms with Gasteiger partial charge in [0, 0.05) is 13.5 Å². The fourth-order valence-electron chi connectivity index (χ4n) is 1.30. The van der Waals surface area contributed by atoms with Crippen LogP contribution in [0.25, 0.3) is 0 Å². The Hall–Kier alpha value is -0.110. The van der Waals surface area contributed by atoms with Gasteiger partial charge in [0.05, 0.1) is 6.10 Å². The van der Waals surface area contributed by atoms with Crippen molar-refractivity contribution in [3.8, 4) is 0 Å². The van der Waals surface area contributed by atoms with E-state index in [2.05, 4.69) is 0 Å². The van der Waals surface area contributed by atoms with Crippen molar-refractivity contribution in [3.05, 3.63) is 0 Å². The summed E-state index contributed by atoms with van der Waals surface area (Å²) >= 11 is 0. The third kappa shape index (κ3) is 1.94. The normalized spacial score (nSPS) is 36.7. The van der Waals surface area contributed by atoms with Crippen LogP contribution >= 0.6 is 0 Å². The summed E-state index contributed by atoms with van der Waals surface area (Å²) in [6, 6.07) is 0. The lowest BCUT2D eigenvalue weighted by Gasteiger charge is -2.22. The first-order valence-corrected chi connectivity index (χ1v) is 3.50. The molecule has 0 radical (unpaired) electrons. The first-order chi connectivity index (χ1) is 4.33. The molecule has 0 bridgehead atoms. The molecule has 2 unspecified atom stereocenters. The van der Waals surface area contributed by atoms with E-state index < -0.39 is 6.17 Å². The van der Waals surface area contributed by atoms with Crippen LogP contribution in [-0.2, 0) is 4.74 Å². The molecule has 2 atom stereocenters. The minimum absolute atomic E-state index is 0.189. The van der Waals surface area contributed by atoms with E-state index in [1.54, 1.807) is 7.11 Å². The Kier molecular flexibility index (Phi) is 2.46. The Balaban J connectivity index is 2.23. The topological polar surface area (TPSA) is 9.23 Å². The van der Waals surface area contributed by atoms with Crippen molar-refractivity contribution >= 4 is 0 Å². The monoisotopic (exact) mass is 132 g/mol. The Labute approximate surface area is 55.2 Å². The molecule has 1 aliphatic rings. The van der Waals surface area contributed by atoms with Gasteiger partial charge in [0.1, 0.15) is 6.17 Å². The smallest absolute Gasteiger partial charge is 0.103 e. The van der Waals surface area contributed by atoms with Gasteiger partial charge in [-0.1, -0.05) is 0 Å². The van der Waals surface area contributed by atoms with Gasteiger partial charge in [-0.05, 0) is 19.3 Å². The lowest BCUT2D eigenvalue weighted by molar-refractivity contribution is 0.0405. The number of hydrogen-bond donors (Lipinski definition) is 0. The fourth-order valence-corrected chi connectivity index (χ4v) is 1.30. The van der Waals surface area contributed by atoms with Crippen LogP contribution < -0.4 is 0 Å². The molecule has 2 heteroatoms. The van der Waals surface area contributed by atoms with Crippen molar-refractivity contribution in [1.29, 1.82) is 0 Å². The summed E-state index contributed by atoms with van der Waals surface area (Å²) in [5.74, 6) is 0. The number of hydrogen-bond acceptors (Lipinski definition) is 1. The van der Waals surface area contributed by atoms with Gasteiger partial charge in [-0.25, -0.2) is 4.39 Å². The van der Waals surface area contributed by atoms with Crippen molar-refractivity contribution in [2.45, 2.75) is 38.0 Å². The predicted octanol–water partition coefficient (Wildman–Crippen LogP) is 1.91. The van der Waals surface area contributed by atoms with Gasteiger partial charge in [0.2, 0.25) is 0 Å². The van der Waals surface area contributed by atoms with Crippen LogP contribution in [0.2, 0.25) is 0 Å². The van der Waals surface area contributed by atoms with Gasteiger partial charge >= 0.3 is 0 Å². The maximum Gasteiger partial charge on any atom is 0.103 e. The van der Waals surface area contributed by atoms with E-state index in [9.17, 15) is 4.39 Å². The first kappa shape index (κ1) is 7.00. The SMILES string of the molecule is COC1CCCC(F)C1. The largest absolute Gasteiger partial charge is 0.381 e. The van der Waals surface area contributed by atoms with Crippen LogP contribution in [-0.4, -0.2) is 19.4 Å². The molecule has 0 aromatic heterocycles. The minimum atomic E-state index is -0.608. The van der Waals surface area contributed by atoms with Gasteiger partial charge in [-0.2, -0.15) is 0 Å². The Morgan fingerprint density at radius 1 is 1.44 bits per heavy atom. The second-order valence-electron chi connectivity index (χ2n) is 2.62. The van der Waals surface area contributed by atoms with E-state index >= 15 is 0 Å². The Bertz CT molecular complexity index is 85.0. The van der Waals surface area contributed by atoms with Crippen LogP contribution in [0.1, 0.15) is 25.7 Å². The molecule has 0 N–H and O–H groups in total. The molecule has 1 aliphatic carbocycles. The van der Waals surface area contributed by atoms with E-state index in [-0.39, 0.29) is 6.10 Å². The second-order valence-corrected chi connectivity index (χ2v) is 2.62. The maximum absolute atomic E-state index is 12.5. The van der Waals surface area contributed by atoms with Gasteiger partial charge in [-0.15, -0.1) is 0 Å². The highest BCUT2D eigenvalue weighted by Gasteiger charge is 2.20. The summed E-state index contributed by atoms with van der Waals surface area (Å²) in [6.45, 7) is 0. The fraction of sp³-hybridized carbons (Fsp3) is 1.00. The van der Waals surface area contributed by atoms with Crippen molar-refractivity contribution in [2.75, 3.05) is 7.11 Å². The summed E-state index contributed by atoms with van der Waals surface area (Å²) < 4.78 is 17.6. The highest BCUT2D eigenvalue weighted by atomic mass is 19.1. The van der Waals surface area contributed by atoms with Gasteiger partial charge in [0.25, 0.3) is 0 Å². The molecule has 9 heavy (non-hydrogen) atoms. The van der Waals surface area contributed by atoms with E-state index in [4.69, 9.17) is 4.74 Å². The number of alkyl halides is 1. The van der Waals surface area contributed by atoms with Crippen molar-refractivity contribution in [2.24, 2.45) is 0 Å². The van der Waals surface area contributed by atoms with E-state index in [1.807, 2.05) is 0 Å². The third-order valence-corrected chi connectivity index (χ3v) is 1.90. The molecule has 0 aliphatic heterocycles. The van der Waals surface area contributed by atoms with E-state index in [0.717, 1.165) is 19.3 Å². The third-order valence-electron chi connectivity index (χ3n) is 1.90. The molecular weight excluding hydrogens is 119 g/mol. The number of halogens is 1. The Morgan fingerprint density at radius 2 is 2.22 bits per heavy atom. The molecule has 0 spiro atoms. The molecule has 0 heterocycles. The van der Waals surface area contributed by atoms with Crippen LogP contribution in [0.3, 0.4) is 0 Å². The highest BCUT2D eigenvalue weighted by Crippen LogP contribution is 2.22. The number of methoxy groups -OCH3 is 1. The molecule has 54 valence electrons. The highest BCUT2D eigenvalue weighted by molar-refractivity contribution is 4.71. The minimum Gasteiger partial charge on any atom is -0.381 e. The van der Waals surface area contributed by atoms with E-state index in [1.165, 1.54) is 0 Å². The first-order valence-electron chi connectivity index (χ1n) is 3.50. The van der Waals surface area contributed by atoms with Crippen LogP contribution in [0.4, 0.5) is 4.39 Å². The van der Waals surface area contributed by atoms with Crippen molar-refractivity contribution in [3.63, 3.8) is 0 Å². The summed E-state index contributed by atoms with van der Waals surface area (Å²) in [5.41, 5.74) is 0. The zero-order valence-electron chi connectivity index (χ0n) is 5.77. The molecule has 0 aromatic carbocycles. The van der Waals surface area contributed by atoms with Crippen molar-refractivity contribution < 1.29 is 9.13 Å². The molecule has 1 nitrogen and oxygen atoms in total. The molecule has 1 rings (SSSR count). The van der Waals surface area contributed by atoms with Crippen molar-refractivity contribution in [1.82, 2.24) is 0 Å². The zero-order chi connectivity index (χ0) is 6.69.